The maximum atomic E-state index is 9.25. The van der Waals surface area contributed by atoms with Crippen LogP contribution in [-0.2, 0) is 0 Å². The normalized spacial score (nSPS) is 14.8. The first-order chi connectivity index (χ1) is 9.83. The minimum atomic E-state index is 0.768. The van der Waals surface area contributed by atoms with Gasteiger partial charge in [-0.2, -0.15) is 5.26 Å². The van der Waals surface area contributed by atoms with Gasteiger partial charge in [0.15, 0.2) is 0 Å². The van der Waals surface area contributed by atoms with Gasteiger partial charge in [0, 0.05) is 29.5 Å². The Morgan fingerprint density at radius 1 is 1.15 bits per heavy atom. The Bertz CT molecular complexity index is 650. The van der Waals surface area contributed by atoms with Crippen LogP contribution in [0.15, 0.2) is 36.4 Å². The van der Waals surface area contributed by atoms with E-state index in [-0.39, 0.29) is 0 Å². The number of fused-ring (bicyclic) bond motifs is 1. The molecule has 20 heavy (non-hydrogen) atoms. The average molecular weight is 264 g/mol. The number of rotatable bonds is 4. The summed E-state index contributed by atoms with van der Waals surface area (Å²) in [6.07, 6.45) is 4.12. The maximum absolute atomic E-state index is 9.25. The Labute approximate surface area is 120 Å². The van der Waals surface area contributed by atoms with Gasteiger partial charge in [0.25, 0.3) is 0 Å². The first-order valence-corrected chi connectivity index (χ1v) is 7.50. The number of hydrogen-bond donors (Lipinski definition) is 0. The Balaban J connectivity index is 2.03. The van der Waals surface area contributed by atoms with E-state index in [9.17, 15) is 5.26 Å². The summed E-state index contributed by atoms with van der Waals surface area (Å²) in [5, 5.41) is 11.5. The molecule has 2 heteroatoms. The maximum Gasteiger partial charge on any atom is 0.0998 e. The molecule has 0 aromatic heterocycles. The molecule has 1 saturated carbocycles. The summed E-state index contributed by atoms with van der Waals surface area (Å²) in [6, 6.07) is 14.6. The topological polar surface area (TPSA) is 27.0 Å². The molecule has 1 aliphatic rings. The highest BCUT2D eigenvalue weighted by Crippen LogP contribution is 2.33. The van der Waals surface area contributed by atoms with Gasteiger partial charge in [0.05, 0.1) is 11.6 Å². The van der Waals surface area contributed by atoms with Gasteiger partial charge in [-0.15, -0.1) is 0 Å². The first kappa shape index (κ1) is 13.0. The third-order valence-electron chi connectivity index (χ3n) is 4.45. The fourth-order valence-electron chi connectivity index (χ4n) is 3.04. The van der Waals surface area contributed by atoms with Gasteiger partial charge in [-0.3, -0.25) is 0 Å². The van der Waals surface area contributed by atoms with Crippen LogP contribution >= 0.6 is 0 Å². The van der Waals surface area contributed by atoms with Crippen molar-refractivity contribution in [2.24, 2.45) is 5.92 Å². The van der Waals surface area contributed by atoms with E-state index in [0.717, 1.165) is 30.0 Å². The van der Waals surface area contributed by atoms with Gasteiger partial charge < -0.3 is 4.90 Å². The largest absolute Gasteiger partial charge is 0.371 e. The molecule has 3 rings (SSSR count). The second kappa shape index (κ2) is 5.54. The van der Waals surface area contributed by atoms with Crippen molar-refractivity contribution in [2.75, 3.05) is 18.0 Å². The van der Waals surface area contributed by atoms with Crippen LogP contribution in [0.25, 0.3) is 10.8 Å². The lowest BCUT2D eigenvalue weighted by Crippen LogP contribution is -2.32. The molecule has 0 radical (unpaired) electrons. The van der Waals surface area contributed by atoms with Crippen molar-refractivity contribution in [1.29, 1.82) is 5.26 Å². The fraction of sp³-hybridized carbons (Fsp3) is 0.389. The molecule has 0 amide bonds. The monoisotopic (exact) mass is 264 g/mol. The minimum Gasteiger partial charge on any atom is -0.371 e. The van der Waals surface area contributed by atoms with Crippen molar-refractivity contribution in [3.05, 3.63) is 42.0 Å². The van der Waals surface area contributed by atoms with E-state index in [0.29, 0.717) is 0 Å². The molecule has 2 aromatic carbocycles. The van der Waals surface area contributed by atoms with Gasteiger partial charge in [-0.1, -0.05) is 30.7 Å². The van der Waals surface area contributed by atoms with E-state index >= 15 is 0 Å². The van der Waals surface area contributed by atoms with Gasteiger partial charge in [-0.05, 0) is 37.8 Å². The van der Waals surface area contributed by atoms with Crippen LogP contribution in [-0.4, -0.2) is 13.1 Å². The molecule has 1 aliphatic carbocycles. The second-order valence-corrected chi connectivity index (χ2v) is 5.63. The lowest BCUT2D eigenvalue weighted by atomic mass is 9.85. The van der Waals surface area contributed by atoms with Crippen molar-refractivity contribution in [3.8, 4) is 6.07 Å². The molecule has 0 saturated heterocycles. The quantitative estimate of drug-likeness (QED) is 0.821. The molecule has 0 spiro atoms. The number of nitrogens with zero attached hydrogens (tertiary/aromatic N) is 2. The molecule has 0 N–H and O–H groups in total. The van der Waals surface area contributed by atoms with E-state index in [1.165, 1.54) is 30.3 Å². The van der Waals surface area contributed by atoms with Crippen LogP contribution < -0.4 is 4.90 Å². The second-order valence-electron chi connectivity index (χ2n) is 5.63. The average Bonchev–Trinajstić information content (AvgIpc) is 2.46. The number of benzene rings is 2. The lowest BCUT2D eigenvalue weighted by molar-refractivity contribution is 0.319. The molecule has 2 aromatic rings. The third kappa shape index (κ3) is 2.25. The van der Waals surface area contributed by atoms with Crippen molar-refractivity contribution in [2.45, 2.75) is 26.2 Å². The van der Waals surface area contributed by atoms with Crippen molar-refractivity contribution in [3.63, 3.8) is 0 Å². The van der Waals surface area contributed by atoms with Crippen molar-refractivity contribution < 1.29 is 0 Å². The molecule has 0 bridgehead atoms. The van der Waals surface area contributed by atoms with Gasteiger partial charge in [0.1, 0.15) is 0 Å². The summed E-state index contributed by atoms with van der Waals surface area (Å²) in [4.78, 5) is 2.47. The summed E-state index contributed by atoms with van der Waals surface area (Å²) < 4.78 is 0. The summed E-state index contributed by atoms with van der Waals surface area (Å²) in [5.74, 6) is 0.851. The standard InChI is InChI=1S/C18H20N2/c1-2-20(13-14-6-5-7-14)18-11-10-15(12-19)16-8-3-4-9-17(16)18/h3-4,8-11,14H,2,5-7,13H2,1H3. The van der Waals surface area contributed by atoms with Crippen LogP contribution in [0.5, 0.6) is 0 Å². The van der Waals surface area contributed by atoms with Gasteiger partial charge in [-0.25, -0.2) is 0 Å². The highest BCUT2D eigenvalue weighted by atomic mass is 15.1. The molecule has 2 nitrogen and oxygen atoms in total. The van der Waals surface area contributed by atoms with E-state index in [2.05, 4.69) is 42.2 Å². The van der Waals surface area contributed by atoms with Gasteiger partial charge in [0.2, 0.25) is 0 Å². The summed E-state index contributed by atoms with van der Waals surface area (Å²) >= 11 is 0. The molecule has 1 fully saturated rings. The van der Waals surface area contributed by atoms with Crippen LogP contribution in [0.2, 0.25) is 0 Å². The predicted octanol–water partition coefficient (Wildman–Crippen LogP) is 4.34. The zero-order valence-corrected chi connectivity index (χ0v) is 12.0. The lowest BCUT2D eigenvalue weighted by Gasteiger charge is -2.33. The van der Waals surface area contributed by atoms with E-state index in [4.69, 9.17) is 0 Å². The van der Waals surface area contributed by atoms with Gasteiger partial charge >= 0.3 is 0 Å². The summed E-state index contributed by atoms with van der Waals surface area (Å²) in [6.45, 7) is 4.38. The Kier molecular flexibility index (Phi) is 3.60. The number of anilines is 1. The predicted molar refractivity (Wildman–Crippen MR) is 83.9 cm³/mol. The van der Waals surface area contributed by atoms with Crippen LogP contribution in [0.3, 0.4) is 0 Å². The van der Waals surface area contributed by atoms with Crippen molar-refractivity contribution >= 4 is 16.5 Å². The molecule has 0 unspecified atom stereocenters. The SMILES string of the molecule is CCN(CC1CCC1)c1ccc(C#N)c2ccccc12. The zero-order valence-electron chi connectivity index (χ0n) is 12.0. The highest BCUT2D eigenvalue weighted by molar-refractivity contribution is 5.97. The zero-order chi connectivity index (χ0) is 13.9. The fourth-order valence-corrected chi connectivity index (χ4v) is 3.04. The highest BCUT2D eigenvalue weighted by Gasteiger charge is 2.21. The van der Waals surface area contributed by atoms with E-state index in [1.807, 2.05) is 12.1 Å². The molecule has 102 valence electrons. The van der Waals surface area contributed by atoms with Crippen LogP contribution in [0, 0.1) is 17.2 Å². The minimum absolute atomic E-state index is 0.768. The molecule has 0 aliphatic heterocycles. The Morgan fingerprint density at radius 3 is 2.50 bits per heavy atom. The number of hydrogen-bond acceptors (Lipinski definition) is 2. The third-order valence-corrected chi connectivity index (χ3v) is 4.45. The smallest absolute Gasteiger partial charge is 0.0998 e. The summed E-state index contributed by atoms with van der Waals surface area (Å²) in [5.41, 5.74) is 2.04. The molecular formula is C18H20N2. The Morgan fingerprint density at radius 2 is 1.90 bits per heavy atom. The Hall–Kier alpha value is -2.01. The van der Waals surface area contributed by atoms with E-state index < -0.39 is 0 Å². The molecule has 0 atom stereocenters. The van der Waals surface area contributed by atoms with Crippen LogP contribution in [0.4, 0.5) is 5.69 Å². The van der Waals surface area contributed by atoms with Crippen molar-refractivity contribution in [1.82, 2.24) is 0 Å². The number of nitriles is 1. The summed E-state index contributed by atoms with van der Waals surface area (Å²) in [7, 11) is 0. The first-order valence-electron chi connectivity index (χ1n) is 7.50. The van der Waals surface area contributed by atoms with Crippen LogP contribution in [0.1, 0.15) is 31.7 Å². The molecular weight excluding hydrogens is 244 g/mol. The molecule has 0 heterocycles. The van der Waals surface area contributed by atoms with E-state index in [1.54, 1.807) is 0 Å².